The van der Waals surface area contributed by atoms with Crippen LogP contribution in [0.5, 0.6) is 5.75 Å². The number of amides is 1. The van der Waals surface area contributed by atoms with E-state index in [0.717, 1.165) is 11.8 Å². The van der Waals surface area contributed by atoms with Gasteiger partial charge in [-0.15, -0.1) is 11.3 Å². The van der Waals surface area contributed by atoms with Crippen LogP contribution in [-0.2, 0) is 9.53 Å². The summed E-state index contributed by atoms with van der Waals surface area (Å²) >= 11 is 2.35. The molecule has 8 nitrogen and oxygen atoms in total. The topological polar surface area (TPSA) is 99.5 Å². The third-order valence-electron chi connectivity index (χ3n) is 4.82. The van der Waals surface area contributed by atoms with Crippen molar-refractivity contribution in [1.29, 1.82) is 0 Å². The zero-order valence-corrected chi connectivity index (χ0v) is 20.1. The largest absolute Gasteiger partial charge is 0.495 e. The maximum atomic E-state index is 13.4. The Hall–Kier alpha value is -3.63. The third-order valence-corrected chi connectivity index (χ3v) is 6.59. The lowest BCUT2D eigenvalue weighted by atomic mass is 10.2. The van der Waals surface area contributed by atoms with E-state index < -0.39 is 5.97 Å². The number of nitrogens with zero attached hydrogens (tertiary/aromatic N) is 2. The van der Waals surface area contributed by atoms with Gasteiger partial charge in [0.2, 0.25) is 5.91 Å². The van der Waals surface area contributed by atoms with Gasteiger partial charge in [0.15, 0.2) is 5.16 Å². The van der Waals surface area contributed by atoms with E-state index in [-0.39, 0.29) is 23.8 Å². The quantitative estimate of drug-likeness (QED) is 0.220. The smallest absolute Gasteiger partial charge is 0.341 e. The molecule has 0 saturated carbocycles. The number of benzene rings is 2. The number of thiophene rings is 1. The summed E-state index contributed by atoms with van der Waals surface area (Å²) in [6, 6.07) is 15.8. The number of anilines is 1. The zero-order valence-electron chi connectivity index (χ0n) is 18.4. The molecule has 1 N–H and O–H groups in total. The standard InChI is InChI=1S/C24H21N3O5S2/c1-3-32-23(30)16-12-13-33-21(16)26-20(28)14-34-24-25-17-9-5-4-8-15(17)22(29)27(24)18-10-6-7-11-19(18)31-2/h4-13H,3,14H2,1-2H3,(H,26,28). The molecule has 2 aromatic heterocycles. The van der Waals surface area contributed by atoms with E-state index in [4.69, 9.17) is 9.47 Å². The van der Waals surface area contributed by atoms with E-state index in [1.165, 1.54) is 23.0 Å². The molecule has 2 aromatic carbocycles. The van der Waals surface area contributed by atoms with Crippen molar-refractivity contribution in [2.45, 2.75) is 12.1 Å². The summed E-state index contributed by atoms with van der Waals surface area (Å²) in [6.45, 7) is 1.96. The van der Waals surface area contributed by atoms with Crippen molar-refractivity contribution in [2.24, 2.45) is 0 Å². The van der Waals surface area contributed by atoms with Crippen LogP contribution in [0, 0.1) is 0 Å². The van der Waals surface area contributed by atoms with Gasteiger partial charge in [0.05, 0.1) is 41.6 Å². The summed E-state index contributed by atoms with van der Waals surface area (Å²) in [7, 11) is 1.53. The van der Waals surface area contributed by atoms with Gasteiger partial charge in [-0.05, 0) is 42.6 Å². The van der Waals surface area contributed by atoms with Gasteiger partial charge in [-0.2, -0.15) is 0 Å². The molecule has 0 atom stereocenters. The van der Waals surface area contributed by atoms with Crippen molar-refractivity contribution in [3.63, 3.8) is 0 Å². The molecule has 0 bridgehead atoms. The van der Waals surface area contributed by atoms with Gasteiger partial charge in [-0.1, -0.05) is 36.0 Å². The minimum absolute atomic E-state index is 0.0277. The molecule has 0 aliphatic carbocycles. The predicted octanol–water partition coefficient (Wildman–Crippen LogP) is 4.36. The molecule has 174 valence electrons. The Labute approximate surface area is 203 Å². The van der Waals surface area contributed by atoms with Crippen molar-refractivity contribution >= 4 is 50.9 Å². The minimum Gasteiger partial charge on any atom is -0.495 e. The second-order valence-electron chi connectivity index (χ2n) is 6.94. The van der Waals surface area contributed by atoms with Crippen LogP contribution in [0.4, 0.5) is 5.00 Å². The van der Waals surface area contributed by atoms with Crippen LogP contribution in [0.2, 0.25) is 0 Å². The SMILES string of the molecule is CCOC(=O)c1ccsc1NC(=O)CSc1nc2ccccc2c(=O)n1-c1ccccc1OC. The Bertz CT molecular complexity index is 1410. The Morgan fingerprint density at radius 2 is 1.88 bits per heavy atom. The molecule has 0 fully saturated rings. The lowest BCUT2D eigenvalue weighted by Crippen LogP contribution is -2.23. The predicted molar refractivity (Wildman–Crippen MR) is 134 cm³/mol. The highest BCUT2D eigenvalue weighted by Gasteiger charge is 2.19. The summed E-state index contributed by atoms with van der Waals surface area (Å²) < 4.78 is 11.9. The van der Waals surface area contributed by atoms with E-state index in [2.05, 4.69) is 10.3 Å². The second kappa shape index (κ2) is 10.5. The third kappa shape index (κ3) is 4.82. The molecule has 0 spiro atoms. The summed E-state index contributed by atoms with van der Waals surface area (Å²) in [4.78, 5) is 42.8. The molecule has 0 saturated heterocycles. The number of nitrogens with one attached hydrogen (secondary N) is 1. The van der Waals surface area contributed by atoms with Gasteiger partial charge in [0.25, 0.3) is 5.56 Å². The van der Waals surface area contributed by atoms with E-state index in [0.29, 0.717) is 38.1 Å². The van der Waals surface area contributed by atoms with Gasteiger partial charge >= 0.3 is 5.97 Å². The van der Waals surface area contributed by atoms with Crippen molar-refractivity contribution in [2.75, 3.05) is 24.8 Å². The minimum atomic E-state index is -0.493. The van der Waals surface area contributed by atoms with E-state index in [9.17, 15) is 14.4 Å². The molecule has 0 unspecified atom stereocenters. The van der Waals surface area contributed by atoms with Crippen molar-refractivity contribution in [3.8, 4) is 11.4 Å². The molecule has 10 heteroatoms. The van der Waals surface area contributed by atoms with Gasteiger partial charge in [-0.25, -0.2) is 9.78 Å². The molecule has 34 heavy (non-hydrogen) atoms. The zero-order chi connectivity index (χ0) is 24.1. The van der Waals surface area contributed by atoms with Crippen LogP contribution in [0.3, 0.4) is 0 Å². The van der Waals surface area contributed by atoms with Crippen LogP contribution in [0.1, 0.15) is 17.3 Å². The van der Waals surface area contributed by atoms with Gasteiger partial charge in [-0.3, -0.25) is 14.2 Å². The summed E-state index contributed by atoms with van der Waals surface area (Å²) in [6.07, 6.45) is 0. The fourth-order valence-electron chi connectivity index (χ4n) is 3.30. The monoisotopic (exact) mass is 495 g/mol. The summed E-state index contributed by atoms with van der Waals surface area (Å²) in [5, 5.41) is 5.68. The normalized spacial score (nSPS) is 10.8. The second-order valence-corrected chi connectivity index (χ2v) is 8.80. The number of hydrogen-bond donors (Lipinski definition) is 1. The number of para-hydroxylation sites is 3. The van der Waals surface area contributed by atoms with Crippen molar-refractivity contribution in [3.05, 3.63) is 75.9 Å². The lowest BCUT2D eigenvalue weighted by molar-refractivity contribution is -0.113. The molecule has 0 aliphatic rings. The van der Waals surface area contributed by atoms with Crippen molar-refractivity contribution in [1.82, 2.24) is 9.55 Å². The number of esters is 1. The van der Waals surface area contributed by atoms with Crippen LogP contribution in [0.25, 0.3) is 16.6 Å². The lowest BCUT2D eigenvalue weighted by Gasteiger charge is -2.15. The number of rotatable bonds is 8. The Balaban J connectivity index is 1.65. The van der Waals surface area contributed by atoms with E-state index in [1.54, 1.807) is 60.8 Å². The fourth-order valence-corrected chi connectivity index (χ4v) is 4.90. The number of carbonyl (C=O) groups is 2. The maximum absolute atomic E-state index is 13.4. The first-order chi connectivity index (χ1) is 16.5. The van der Waals surface area contributed by atoms with Gasteiger partial charge < -0.3 is 14.8 Å². The molecule has 2 heterocycles. The first-order valence-electron chi connectivity index (χ1n) is 10.4. The number of methoxy groups -OCH3 is 1. The highest BCUT2D eigenvalue weighted by molar-refractivity contribution is 7.99. The number of ether oxygens (including phenoxy) is 2. The average Bonchev–Trinajstić information content (AvgIpc) is 3.31. The molecule has 0 radical (unpaired) electrons. The van der Waals surface area contributed by atoms with Crippen LogP contribution >= 0.6 is 23.1 Å². The van der Waals surface area contributed by atoms with Crippen LogP contribution < -0.4 is 15.6 Å². The molecular weight excluding hydrogens is 474 g/mol. The molecule has 4 aromatic rings. The molecular formula is C24H21N3O5S2. The first-order valence-corrected chi connectivity index (χ1v) is 12.2. The molecule has 1 amide bonds. The average molecular weight is 496 g/mol. The number of carbonyl (C=O) groups excluding carboxylic acids is 2. The number of aromatic nitrogens is 2. The van der Waals surface area contributed by atoms with E-state index >= 15 is 0 Å². The number of fused-ring (bicyclic) bond motifs is 1. The fraction of sp³-hybridized carbons (Fsp3) is 0.167. The van der Waals surface area contributed by atoms with Crippen LogP contribution in [-0.4, -0.2) is 40.9 Å². The Morgan fingerprint density at radius 3 is 2.68 bits per heavy atom. The Kier molecular flexibility index (Phi) is 7.29. The van der Waals surface area contributed by atoms with Gasteiger partial charge in [0.1, 0.15) is 10.8 Å². The number of thioether (sulfide) groups is 1. The summed E-state index contributed by atoms with van der Waals surface area (Å²) in [5.41, 5.74) is 1.10. The highest BCUT2D eigenvalue weighted by Crippen LogP contribution is 2.28. The number of hydrogen-bond acceptors (Lipinski definition) is 8. The van der Waals surface area contributed by atoms with Gasteiger partial charge in [0, 0.05) is 0 Å². The van der Waals surface area contributed by atoms with Crippen LogP contribution in [0.15, 0.2) is 69.9 Å². The highest BCUT2D eigenvalue weighted by atomic mass is 32.2. The van der Waals surface area contributed by atoms with E-state index in [1.807, 2.05) is 6.07 Å². The first kappa shape index (κ1) is 23.5. The molecule has 0 aliphatic heterocycles. The maximum Gasteiger partial charge on any atom is 0.341 e. The summed E-state index contributed by atoms with van der Waals surface area (Å²) in [5.74, 6) is -0.356. The Morgan fingerprint density at radius 1 is 1.12 bits per heavy atom. The van der Waals surface area contributed by atoms with Crippen molar-refractivity contribution < 1.29 is 19.1 Å². The molecule has 4 rings (SSSR count).